The minimum absolute atomic E-state index is 0.0134. The van der Waals surface area contributed by atoms with Crippen molar-refractivity contribution in [2.45, 2.75) is 37.3 Å². The maximum absolute atomic E-state index is 12.4. The van der Waals surface area contributed by atoms with Gasteiger partial charge in [0.2, 0.25) is 5.91 Å². The average molecular weight is 308 g/mol. The number of thioether (sulfide) groups is 1. The number of hydrogen-bond donors (Lipinski definition) is 2. The first-order valence-corrected chi connectivity index (χ1v) is 8.60. The molecule has 0 saturated carbocycles. The molecule has 116 valence electrons. The van der Waals surface area contributed by atoms with Crippen molar-refractivity contribution >= 4 is 23.4 Å². The molecule has 5 heteroatoms. The van der Waals surface area contributed by atoms with Crippen LogP contribution in [0.15, 0.2) is 29.2 Å². The summed E-state index contributed by atoms with van der Waals surface area (Å²) in [4.78, 5) is 15.6. The van der Waals surface area contributed by atoms with Crippen molar-refractivity contribution in [3.05, 3.63) is 24.3 Å². The average Bonchev–Trinajstić information content (AvgIpc) is 2.96. The SMILES string of the molecule is CSc1cccc(NC(=O)C(C)N2CCC(C(C)O)C2)c1. The Kier molecular flexibility index (Phi) is 5.67. The zero-order valence-corrected chi connectivity index (χ0v) is 13.7. The minimum atomic E-state index is -0.302. The molecule has 1 aromatic rings. The number of nitrogens with zero attached hydrogens (tertiary/aromatic N) is 1. The van der Waals surface area contributed by atoms with E-state index in [1.807, 2.05) is 44.4 Å². The molecule has 1 fully saturated rings. The maximum Gasteiger partial charge on any atom is 0.241 e. The molecule has 1 heterocycles. The first kappa shape index (κ1) is 16.3. The van der Waals surface area contributed by atoms with Gasteiger partial charge in [0.05, 0.1) is 12.1 Å². The number of anilines is 1. The lowest BCUT2D eigenvalue weighted by Gasteiger charge is -2.24. The van der Waals surface area contributed by atoms with E-state index in [1.165, 1.54) is 0 Å². The number of aliphatic hydroxyl groups excluding tert-OH is 1. The molecule has 21 heavy (non-hydrogen) atoms. The van der Waals surface area contributed by atoms with Crippen LogP contribution in [0.5, 0.6) is 0 Å². The third-order valence-electron chi connectivity index (χ3n) is 4.20. The number of carbonyl (C=O) groups is 1. The molecule has 3 atom stereocenters. The standard InChI is InChI=1S/C16H24N2O2S/c1-11(18-8-7-13(10-18)12(2)19)16(20)17-14-5-4-6-15(9-14)21-3/h4-6,9,11-13,19H,7-8,10H2,1-3H3,(H,17,20). The minimum Gasteiger partial charge on any atom is -0.393 e. The van der Waals surface area contributed by atoms with Crippen LogP contribution in [-0.4, -0.2) is 47.4 Å². The predicted molar refractivity (Wildman–Crippen MR) is 87.7 cm³/mol. The van der Waals surface area contributed by atoms with Crippen LogP contribution < -0.4 is 5.32 Å². The molecule has 0 radical (unpaired) electrons. The summed E-state index contributed by atoms with van der Waals surface area (Å²) in [6.07, 6.45) is 2.67. The Balaban J connectivity index is 1.93. The highest BCUT2D eigenvalue weighted by Crippen LogP contribution is 2.23. The van der Waals surface area contributed by atoms with E-state index in [0.717, 1.165) is 30.1 Å². The molecular weight excluding hydrogens is 284 g/mol. The molecule has 1 amide bonds. The molecule has 1 aliphatic rings. The molecule has 2 rings (SSSR count). The number of benzene rings is 1. The molecule has 1 saturated heterocycles. The van der Waals surface area contributed by atoms with Gasteiger partial charge < -0.3 is 10.4 Å². The summed E-state index contributed by atoms with van der Waals surface area (Å²) in [5.41, 5.74) is 0.838. The van der Waals surface area contributed by atoms with Crippen LogP contribution in [0.4, 0.5) is 5.69 Å². The van der Waals surface area contributed by atoms with E-state index in [2.05, 4.69) is 10.2 Å². The number of likely N-dealkylation sites (tertiary alicyclic amines) is 1. The van der Waals surface area contributed by atoms with Gasteiger partial charge in [-0.1, -0.05) is 6.07 Å². The van der Waals surface area contributed by atoms with E-state index in [9.17, 15) is 9.90 Å². The Morgan fingerprint density at radius 2 is 2.24 bits per heavy atom. The summed E-state index contributed by atoms with van der Waals surface area (Å²) in [6.45, 7) is 5.41. The van der Waals surface area contributed by atoms with Crippen LogP contribution in [0.2, 0.25) is 0 Å². The molecule has 0 aliphatic carbocycles. The monoisotopic (exact) mass is 308 g/mol. The molecule has 3 unspecified atom stereocenters. The largest absolute Gasteiger partial charge is 0.393 e. The van der Waals surface area contributed by atoms with Crippen molar-refractivity contribution in [1.82, 2.24) is 4.90 Å². The Hall–Kier alpha value is -1.04. The number of hydrogen-bond acceptors (Lipinski definition) is 4. The molecule has 1 aromatic carbocycles. The van der Waals surface area contributed by atoms with Gasteiger partial charge in [-0.2, -0.15) is 0 Å². The van der Waals surface area contributed by atoms with E-state index in [-0.39, 0.29) is 24.0 Å². The van der Waals surface area contributed by atoms with E-state index in [1.54, 1.807) is 11.8 Å². The van der Waals surface area contributed by atoms with Gasteiger partial charge in [-0.3, -0.25) is 9.69 Å². The number of rotatable bonds is 5. The van der Waals surface area contributed by atoms with Crippen molar-refractivity contribution in [3.63, 3.8) is 0 Å². The highest BCUT2D eigenvalue weighted by molar-refractivity contribution is 7.98. The molecule has 2 N–H and O–H groups in total. The second kappa shape index (κ2) is 7.29. The van der Waals surface area contributed by atoms with Crippen LogP contribution in [0.25, 0.3) is 0 Å². The van der Waals surface area contributed by atoms with Crippen LogP contribution in [-0.2, 0) is 4.79 Å². The fraction of sp³-hybridized carbons (Fsp3) is 0.562. The Morgan fingerprint density at radius 3 is 2.86 bits per heavy atom. The van der Waals surface area contributed by atoms with Crippen LogP contribution in [0.1, 0.15) is 20.3 Å². The van der Waals surface area contributed by atoms with Crippen molar-refractivity contribution in [1.29, 1.82) is 0 Å². The van der Waals surface area contributed by atoms with Gasteiger partial charge in [-0.15, -0.1) is 11.8 Å². The van der Waals surface area contributed by atoms with Crippen molar-refractivity contribution < 1.29 is 9.90 Å². The lowest BCUT2D eigenvalue weighted by atomic mass is 10.0. The van der Waals surface area contributed by atoms with Gasteiger partial charge in [-0.25, -0.2) is 0 Å². The second-order valence-corrected chi connectivity index (χ2v) is 6.56. The highest BCUT2D eigenvalue weighted by Gasteiger charge is 2.31. The molecule has 0 aromatic heterocycles. The zero-order chi connectivity index (χ0) is 15.4. The van der Waals surface area contributed by atoms with E-state index < -0.39 is 0 Å². The molecule has 4 nitrogen and oxygen atoms in total. The van der Waals surface area contributed by atoms with Crippen LogP contribution in [0.3, 0.4) is 0 Å². The van der Waals surface area contributed by atoms with E-state index >= 15 is 0 Å². The first-order chi connectivity index (χ1) is 10.0. The quantitative estimate of drug-likeness (QED) is 0.820. The van der Waals surface area contributed by atoms with Crippen molar-refractivity contribution in [2.75, 3.05) is 24.7 Å². The highest BCUT2D eigenvalue weighted by atomic mass is 32.2. The zero-order valence-electron chi connectivity index (χ0n) is 12.9. The third kappa shape index (κ3) is 4.22. The number of aliphatic hydroxyl groups is 1. The molecule has 0 bridgehead atoms. The van der Waals surface area contributed by atoms with Gasteiger partial charge in [0.15, 0.2) is 0 Å². The van der Waals surface area contributed by atoms with Gasteiger partial charge in [-0.05, 0) is 57.2 Å². The van der Waals surface area contributed by atoms with Crippen LogP contribution >= 0.6 is 11.8 Å². The number of amides is 1. The summed E-state index contributed by atoms with van der Waals surface area (Å²) >= 11 is 1.66. The summed E-state index contributed by atoms with van der Waals surface area (Å²) in [6, 6.07) is 7.69. The second-order valence-electron chi connectivity index (χ2n) is 5.68. The normalized spacial score (nSPS) is 22.0. The number of carbonyl (C=O) groups excluding carboxylic acids is 1. The van der Waals surface area contributed by atoms with Gasteiger partial charge in [0.25, 0.3) is 0 Å². The summed E-state index contributed by atoms with van der Waals surface area (Å²) in [5.74, 6) is 0.291. The molecule has 1 aliphatic heterocycles. The lowest BCUT2D eigenvalue weighted by Crippen LogP contribution is -2.41. The topological polar surface area (TPSA) is 52.6 Å². The summed E-state index contributed by atoms with van der Waals surface area (Å²) in [7, 11) is 0. The summed E-state index contributed by atoms with van der Waals surface area (Å²) < 4.78 is 0. The van der Waals surface area contributed by atoms with Gasteiger partial charge in [0.1, 0.15) is 0 Å². The Bertz CT molecular complexity index is 493. The number of nitrogens with one attached hydrogen (secondary N) is 1. The Morgan fingerprint density at radius 1 is 1.48 bits per heavy atom. The first-order valence-electron chi connectivity index (χ1n) is 7.38. The van der Waals surface area contributed by atoms with E-state index in [0.29, 0.717) is 0 Å². The van der Waals surface area contributed by atoms with Crippen molar-refractivity contribution in [2.24, 2.45) is 5.92 Å². The molecular formula is C16H24N2O2S. The van der Waals surface area contributed by atoms with Gasteiger partial charge >= 0.3 is 0 Å². The van der Waals surface area contributed by atoms with Gasteiger partial charge in [0, 0.05) is 17.1 Å². The fourth-order valence-corrected chi connectivity index (χ4v) is 3.13. The molecule has 0 spiro atoms. The predicted octanol–water partition coefficient (Wildman–Crippen LogP) is 2.44. The summed E-state index contributed by atoms with van der Waals surface area (Å²) in [5, 5.41) is 12.6. The smallest absolute Gasteiger partial charge is 0.241 e. The van der Waals surface area contributed by atoms with Crippen LogP contribution in [0, 0.1) is 5.92 Å². The van der Waals surface area contributed by atoms with Crippen molar-refractivity contribution in [3.8, 4) is 0 Å². The van der Waals surface area contributed by atoms with E-state index in [4.69, 9.17) is 0 Å². The fourth-order valence-electron chi connectivity index (χ4n) is 2.67. The third-order valence-corrected chi connectivity index (χ3v) is 4.93. The Labute approximate surface area is 130 Å². The lowest BCUT2D eigenvalue weighted by molar-refractivity contribution is -0.120. The maximum atomic E-state index is 12.4.